The second kappa shape index (κ2) is 11.9. The number of hydrogen-bond donors (Lipinski definition) is 2. The molecule has 1 saturated heterocycles. The van der Waals surface area contributed by atoms with Crippen LogP contribution in [0.15, 0.2) is 65.9 Å². The Balaban J connectivity index is 1.50. The van der Waals surface area contributed by atoms with Gasteiger partial charge in [0.05, 0.1) is 24.8 Å². The molecule has 35 heavy (non-hydrogen) atoms. The SMILES string of the molecule is CCOC(=O)C1=C(CN2CCN(Cc3ccccc3)CC2)NC(=O)N[C@H]1c1ccc(OCC)cc1. The summed E-state index contributed by atoms with van der Waals surface area (Å²) in [6, 6.07) is 17.0. The molecule has 2 aromatic carbocycles. The summed E-state index contributed by atoms with van der Waals surface area (Å²) in [6.45, 7) is 9.49. The first-order chi connectivity index (χ1) is 17.1. The van der Waals surface area contributed by atoms with Gasteiger partial charge < -0.3 is 20.1 Å². The monoisotopic (exact) mass is 478 g/mol. The number of urea groups is 1. The fourth-order valence-corrected chi connectivity index (χ4v) is 4.54. The predicted octanol–water partition coefficient (Wildman–Crippen LogP) is 3.07. The van der Waals surface area contributed by atoms with Gasteiger partial charge >= 0.3 is 12.0 Å². The molecule has 0 aromatic heterocycles. The van der Waals surface area contributed by atoms with Crippen molar-refractivity contribution < 1.29 is 19.1 Å². The Morgan fingerprint density at radius 2 is 1.57 bits per heavy atom. The van der Waals surface area contributed by atoms with E-state index in [0.717, 1.165) is 44.0 Å². The number of amides is 2. The van der Waals surface area contributed by atoms with Crippen molar-refractivity contribution in [1.82, 2.24) is 20.4 Å². The van der Waals surface area contributed by atoms with Crippen molar-refractivity contribution >= 4 is 12.0 Å². The van der Waals surface area contributed by atoms with Gasteiger partial charge in [-0.15, -0.1) is 0 Å². The average Bonchev–Trinajstić information content (AvgIpc) is 2.86. The molecule has 8 nitrogen and oxygen atoms in total. The van der Waals surface area contributed by atoms with E-state index < -0.39 is 12.0 Å². The molecule has 2 aliphatic rings. The van der Waals surface area contributed by atoms with Crippen LogP contribution in [0.3, 0.4) is 0 Å². The number of benzene rings is 2. The van der Waals surface area contributed by atoms with Gasteiger partial charge in [0.1, 0.15) is 5.75 Å². The number of ether oxygens (including phenoxy) is 2. The van der Waals surface area contributed by atoms with Crippen molar-refractivity contribution in [2.45, 2.75) is 26.4 Å². The lowest BCUT2D eigenvalue weighted by atomic mass is 9.94. The maximum absolute atomic E-state index is 13.0. The van der Waals surface area contributed by atoms with Crippen molar-refractivity contribution in [3.8, 4) is 5.75 Å². The van der Waals surface area contributed by atoms with Crippen molar-refractivity contribution in [3.05, 3.63) is 77.0 Å². The van der Waals surface area contributed by atoms with Crippen LogP contribution >= 0.6 is 0 Å². The van der Waals surface area contributed by atoms with Crippen LogP contribution in [0.2, 0.25) is 0 Å². The van der Waals surface area contributed by atoms with Gasteiger partial charge in [0.15, 0.2) is 0 Å². The molecular formula is C27H34N4O4. The van der Waals surface area contributed by atoms with Crippen LogP contribution in [-0.4, -0.2) is 67.7 Å². The fourth-order valence-electron chi connectivity index (χ4n) is 4.54. The first kappa shape index (κ1) is 24.8. The molecule has 2 aromatic rings. The van der Waals surface area contributed by atoms with Gasteiger partial charge in [0.2, 0.25) is 0 Å². The summed E-state index contributed by atoms with van der Waals surface area (Å²) < 4.78 is 10.9. The number of nitrogens with one attached hydrogen (secondary N) is 2. The summed E-state index contributed by atoms with van der Waals surface area (Å²) >= 11 is 0. The third-order valence-corrected chi connectivity index (χ3v) is 6.27. The van der Waals surface area contributed by atoms with E-state index in [0.29, 0.717) is 24.4 Å². The Morgan fingerprint density at radius 3 is 2.20 bits per heavy atom. The Labute approximate surface area is 206 Å². The Morgan fingerprint density at radius 1 is 0.914 bits per heavy atom. The fraction of sp³-hybridized carbons (Fsp3) is 0.407. The summed E-state index contributed by atoms with van der Waals surface area (Å²) in [6.07, 6.45) is 0. The highest BCUT2D eigenvalue weighted by molar-refractivity contribution is 5.95. The van der Waals surface area contributed by atoms with E-state index in [1.165, 1.54) is 5.56 Å². The molecule has 2 N–H and O–H groups in total. The Kier molecular flexibility index (Phi) is 8.39. The first-order valence-electron chi connectivity index (χ1n) is 12.3. The Bertz CT molecular complexity index is 1030. The van der Waals surface area contributed by atoms with E-state index in [-0.39, 0.29) is 12.6 Å². The van der Waals surface area contributed by atoms with Crippen LogP contribution in [0.4, 0.5) is 4.79 Å². The summed E-state index contributed by atoms with van der Waals surface area (Å²) in [5.74, 6) is 0.323. The van der Waals surface area contributed by atoms with Gasteiger partial charge in [-0.05, 0) is 37.1 Å². The lowest BCUT2D eigenvalue weighted by Gasteiger charge is -2.37. The van der Waals surface area contributed by atoms with Gasteiger partial charge in [-0.2, -0.15) is 0 Å². The standard InChI is InChI=1S/C27H34N4O4/c1-3-34-22-12-10-21(11-13-22)25-24(26(32)35-4-2)23(28-27(33)29-25)19-31-16-14-30(15-17-31)18-20-8-6-5-7-9-20/h5-13,25H,3-4,14-19H2,1-2H3,(H2,28,29,33)/t25-/m0/s1. The number of piperazine rings is 1. The molecule has 8 heteroatoms. The number of carbonyl (C=O) groups excluding carboxylic acids is 2. The van der Waals surface area contributed by atoms with Crippen LogP contribution in [0.1, 0.15) is 31.0 Å². The van der Waals surface area contributed by atoms with Crippen LogP contribution in [0, 0.1) is 0 Å². The zero-order valence-corrected chi connectivity index (χ0v) is 20.5. The molecule has 0 saturated carbocycles. The topological polar surface area (TPSA) is 83.1 Å². The molecule has 4 rings (SSSR count). The minimum absolute atomic E-state index is 0.262. The van der Waals surface area contributed by atoms with E-state index in [4.69, 9.17) is 9.47 Å². The molecule has 186 valence electrons. The minimum atomic E-state index is -0.590. The van der Waals surface area contributed by atoms with Gasteiger partial charge in [-0.25, -0.2) is 9.59 Å². The van der Waals surface area contributed by atoms with Crippen LogP contribution in [-0.2, 0) is 16.1 Å². The van der Waals surface area contributed by atoms with Crippen LogP contribution < -0.4 is 15.4 Å². The first-order valence-corrected chi connectivity index (χ1v) is 12.3. The van der Waals surface area contributed by atoms with E-state index in [9.17, 15) is 9.59 Å². The van der Waals surface area contributed by atoms with Gasteiger partial charge in [0.25, 0.3) is 0 Å². The molecule has 0 bridgehead atoms. The lowest BCUT2D eigenvalue weighted by Crippen LogP contribution is -2.51. The lowest BCUT2D eigenvalue weighted by molar-refractivity contribution is -0.139. The molecule has 0 spiro atoms. The number of carbonyl (C=O) groups is 2. The number of esters is 1. The summed E-state index contributed by atoms with van der Waals surface area (Å²) in [7, 11) is 0. The van der Waals surface area contributed by atoms with Crippen molar-refractivity contribution in [3.63, 3.8) is 0 Å². The summed E-state index contributed by atoms with van der Waals surface area (Å²) in [4.78, 5) is 30.3. The number of hydrogen-bond acceptors (Lipinski definition) is 6. The second-order valence-corrected chi connectivity index (χ2v) is 8.68. The van der Waals surface area contributed by atoms with Crippen molar-refractivity contribution in [1.29, 1.82) is 0 Å². The van der Waals surface area contributed by atoms with Gasteiger partial charge in [-0.3, -0.25) is 9.80 Å². The van der Waals surface area contributed by atoms with E-state index >= 15 is 0 Å². The second-order valence-electron chi connectivity index (χ2n) is 8.68. The highest BCUT2D eigenvalue weighted by Crippen LogP contribution is 2.29. The van der Waals surface area contributed by atoms with Crippen molar-refractivity contribution in [2.75, 3.05) is 45.9 Å². The normalized spacial score (nSPS) is 19.1. The smallest absolute Gasteiger partial charge is 0.338 e. The molecule has 1 fully saturated rings. The maximum atomic E-state index is 13.0. The van der Waals surface area contributed by atoms with Gasteiger partial charge in [0, 0.05) is 45.0 Å². The summed E-state index contributed by atoms with van der Waals surface area (Å²) in [5.41, 5.74) is 3.15. The number of nitrogens with zero attached hydrogens (tertiary/aromatic N) is 2. The molecule has 2 aliphatic heterocycles. The predicted molar refractivity (Wildman–Crippen MR) is 134 cm³/mol. The summed E-state index contributed by atoms with van der Waals surface area (Å²) in [5, 5.41) is 5.78. The molecular weight excluding hydrogens is 444 g/mol. The number of rotatable bonds is 9. The average molecular weight is 479 g/mol. The molecule has 0 radical (unpaired) electrons. The highest BCUT2D eigenvalue weighted by atomic mass is 16.5. The molecule has 2 amide bonds. The van der Waals surface area contributed by atoms with Gasteiger partial charge in [-0.1, -0.05) is 42.5 Å². The molecule has 0 aliphatic carbocycles. The van der Waals surface area contributed by atoms with E-state index in [1.807, 2.05) is 37.3 Å². The largest absolute Gasteiger partial charge is 0.494 e. The zero-order chi connectivity index (χ0) is 24.6. The maximum Gasteiger partial charge on any atom is 0.338 e. The molecule has 0 unspecified atom stereocenters. The van der Waals surface area contributed by atoms with Crippen LogP contribution in [0.5, 0.6) is 5.75 Å². The van der Waals surface area contributed by atoms with Crippen LogP contribution in [0.25, 0.3) is 0 Å². The van der Waals surface area contributed by atoms with Crippen molar-refractivity contribution in [2.24, 2.45) is 0 Å². The Hall–Kier alpha value is -3.36. The highest BCUT2D eigenvalue weighted by Gasteiger charge is 2.34. The molecule has 2 heterocycles. The molecule has 1 atom stereocenters. The van der Waals surface area contributed by atoms with E-state index in [2.05, 4.69) is 44.7 Å². The third-order valence-electron chi connectivity index (χ3n) is 6.27. The minimum Gasteiger partial charge on any atom is -0.494 e. The van der Waals surface area contributed by atoms with E-state index in [1.54, 1.807) is 6.92 Å². The zero-order valence-electron chi connectivity index (χ0n) is 20.5. The third kappa shape index (κ3) is 6.41. The quantitative estimate of drug-likeness (QED) is 0.539.